The first-order chi connectivity index (χ1) is 7.83. The highest BCUT2D eigenvalue weighted by molar-refractivity contribution is 5.58. The third-order valence-corrected chi connectivity index (χ3v) is 3.53. The van der Waals surface area contributed by atoms with Crippen LogP contribution in [-0.2, 0) is 0 Å². The fraction of sp³-hybridized carbons (Fsp3) is 0.571. The normalized spacial score (nSPS) is 11.1. The lowest BCUT2D eigenvalue weighted by Gasteiger charge is -2.36. The standard InChI is InChI=1S/C14H21N3/c1-7-14(4,5)17(6)13-12(9-15)10(2)8-11(3)16-13/h8H,7H2,1-6H3. The maximum Gasteiger partial charge on any atom is 0.147 e. The van der Waals surface area contributed by atoms with Crippen molar-refractivity contribution in [2.24, 2.45) is 0 Å². The van der Waals surface area contributed by atoms with Crippen LogP contribution in [0.15, 0.2) is 6.07 Å². The average Bonchev–Trinajstić information content (AvgIpc) is 2.27. The molecule has 1 heterocycles. The van der Waals surface area contributed by atoms with Crippen LogP contribution in [0.4, 0.5) is 5.82 Å². The predicted octanol–water partition coefficient (Wildman–Crippen LogP) is 3.19. The minimum absolute atomic E-state index is 0.00116. The molecule has 0 atom stereocenters. The van der Waals surface area contributed by atoms with Gasteiger partial charge in [-0.15, -0.1) is 0 Å². The van der Waals surface area contributed by atoms with Gasteiger partial charge in [-0.25, -0.2) is 4.98 Å². The van der Waals surface area contributed by atoms with E-state index in [-0.39, 0.29) is 5.54 Å². The molecule has 0 aliphatic heterocycles. The topological polar surface area (TPSA) is 39.9 Å². The molecule has 17 heavy (non-hydrogen) atoms. The van der Waals surface area contributed by atoms with Crippen molar-refractivity contribution in [3.63, 3.8) is 0 Å². The Balaban J connectivity index is 3.36. The Morgan fingerprint density at radius 3 is 2.47 bits per heavy atom. The molecule has 1 aromatic rings. The summed E-state index contributed by atoms with van der Waals surface area (Å²) in [6.45, 7) is 10.4. The largest absolute Gasteiger partial charge is 0.353 e. The van der Waals surface area contributed by atoms with Crippen LogP contribution in [-0.4, -0.2) is 17.6 Å². The first-order valence-corrected chi connectivity index (χ1v) is 5.95. The molecule has 0 fully saturated rings. The van der Waals surface area contributed by atoms with Gasteiger partial charge in [0.05, 0.1) is 5.56 Å². The van der Waals surface area contributed by atoms with Gasteiger partial charge in [-0.1, -0.05) is 6.92 Å². The third-order valence-electron chi connectivity index (χ3n) is 3.53. The number of anilines is 1. The Morgan fingerprint density at radius 1 is 1.41 bits per heavy atom. The van der Waals surface area contributed by atoms with E-state index in [1.165, 1.54) is 0 Å². The molecular weight excluding hydrogens is 210 g/mol. The fourth-order valence-electron chi connectivity index (χ4n) is 1.72. The Morgan fingerprint density at radius 2 is 2.00 bits per heavy atom. The number of aryl methyl sites for hydroxylation is 2. The van der Waals surface area contributed by atoms with E-state index in [0.717, 1.165) is 23.5 Å². The number of pyridine rings is 1. The Hall–Kier alpha value is -1.56. The average molecular weight is 231 g/mol. The highest BCUT2D eigenvalue weighted by atomic mass is 15.2. The number of aromatic nitrogens is 1. The summed E-state index contributed by atoms with van der Waals surface area (Å²) >= 11 is 0. The van der Waals surface area contributed by atoms with E-state index >= 15 is 0 Å². The molecule has 0 unspecified atom stereocenters. The van der Waals surface area contributed by atoms with E-state index in [9.17, 15) is 5.26 Å². The van der Waals surface area contributed by atoms with E-state index in [0.29, 0.717) is 5.56 Å². The molecule has 0 aliphatic carbocycles. The smallest absolute Gasteiger partial charge is 0.147 e. The zero-order valence-corrected chi connectivity index (χ0v) is 11.6. The van der Waals surface area contributed by atoms with Crippen LogP contribution in [0.25, 0.3) is 0 Å². The molecular formula is C14H21N3. The van der Waals surface area contributed by atoms with Crippen molar-refractivity contribution in [3.8, 4) is 6.07 Å². The highest BCUT2D eigenvalue weighted by Gasteiger charge is 2.25. The summed E-state index contributed by atoms with van der Waals surface area (Å²) in [5, 5.41) is 9.26. The van der Waals surface area contributed by atoms with E-state index in [2.05, 4.69) is 36.7 Å². The van der Waals surface area contributed by atoms with Crippen molar-refractivity contribution < 1.29 is 0 Å². The second-order valence-corrected chi connectivity index (χ2v) is 5.12. The number of nitrogens with zero attached hydrogens (tertiary/aromatic N) is 3. The zero-order valence-electron chi connectivity index (χ0n) is 11.6. The molecule has 0 radical (unpaired) electrons. The summed E-state index contributed by atoms with van der Waals surface area (Å²) in [5.74, 6) is 0.789. The monoisotopic (exact) mass is 231 g/mol. The molecule has 3 heteroatoms. The van der Waals surface area contributed by atoms with Gasteiger partial charge in [0.25, 0.3) is 0 Å². The number of hydrogen-bond acceptors (Lipinski definition) is 3. The van der Waals surface area contributed by atoms with Gasteiger partial charge < -0.3 is 4.90 Å². The Bertz CT molecular complexity index is 455. The molecule has 0 aliphatic rings. The number of nitriles is 1. The van der Waals surface area contributed by atoms with Crippen molar-refractivity contribution in [3.05, 3.63) is 22.9 Å². The second-order valence-electron chi connectivity index (χ2n) is 5.12. The lowest BCUT2D eigenvalue weighted by molar-refractivity contribution is 0.466. The molecule has 3 nitrogen and oxygen atoms in total. The van der Waals surface area contributed by atoms with Crippen LogP contribution >= 0.6 is 0 Å². The molecule has 1 aromatic heterocycles. The predicted molar refractivity (Wildman–Crippen MR) is 71.2 cm³/mol. The Kier molecular flexibility index (Phi) is 3.77. The van der Waals surface area contributed by atoms with Crippen molar-refractivity contribution in [2.45, 2.75) is 46.6 Å². The van der Waals surface area contributed by atoms with Gasteiger partial charge >= 0.3 is 0 Å². The SMILES string of the molecule is CCC(C)(C)N(C)c1nc(C)cc(C)c1C#N. The molecule has 0 N–H and O–H groups in total. The van der Waals surface area contributed by atoms with Crippen LogP contribution < -0.4 is 4.90 Å². The van der Waals surface area contributed by atoms with Crippen LogP contribution in [0.3, 0.4) is 0 Å². The van der Waals surface area contributed by atoms with E-state index in [4.69, 9.17) is 0 Å². The molecule has 0 saturated carbocycles. The van der Waals surface area contributed by atoms with Crippen LogP contribution in [0.1, 0.15) is 44.0 Å². The molecule has 1 rings (SSSR count). The molecule has 0 aromatic carbocycles. The van der Waals surface area contributed by atoms with Crippen molar-refractivity contribution in [2.75, 3.05) is 11.9 Å². The van der Waals surface area contributed by atoms with Crippen molar-refractivity contribution in [1.82, 2.24) is 4.98 Å². The number of hydrogen-bond donors (Lipinski definition) is 0. The summed E-state index contributed by atoms with van der Waals surface area (Å²) in [4.78, 5) is 6.63. The lowest BCUT2D eigenvalue weighted by atomic mass is 9.98. The maximum atomic E-state index is 9.26. The summed E-state index contributed by atoms with van der Waals surface area (Å²) in [7, 11) is 2.01. The van der Waals surface area contributed by atoms with Crippen LogP contribution in [0.2, 0.25) is 0 Å². The molecule has 0 bridgehead atoms. The third kappa shape index (κ3) is 2.58. The van der Waals surface area contributed by atoms with Gasteiger partial charge in [0, 0.05) is 18.3 Å². The summed E-state index contributed by atoms with van der Waals surface area (Å²) in [6, 6.07) is 4.22. The first kappa shape index (κ1) is 13.5. The maximum absolute atomic E-state index is 9.26. The van der Waals surface area contributed by atoms with Gasteiger partial charge in [0.2, 0.25) is 0 Å². The summed E-state index contributed by atoms with van der Waals surface area (Å²) in [5.41, 5.74) is 2.63. The van der Waals surface area contributed by atoms with Gasteiger partial charge in [-0.3, -0.25) is 0 Å². The molecule has 92 valence electrons. The van der Waals surface area contributed by atoms with Gasteiger partial charge in [-0.2, -0.15) is 5.26 Å². The van der Waals surface area contributed by atoms with Crippen molar-refractivity contribution in [1.29, 1.82) is 5.26 Å². The minimum Gasteiger partial charge on any atom is -0.353 e. The van der Waals surface area contributed by atoms with Crippen LogP contribution in [0, 0.1) is 25.2 Å². The lowest BCUT2D eigenvalue weighted by Crippen LogP contribution is -2.41. The van der Waals surface area contributed by atoms with Crippen molar-refractivity contribution >= 4 is 5.82 Å². The highest BCUT2D eigenvalue weighted by Crippen LogP contribution is 2.28. The number of rotatable bonds is 3. The van der Waals surface area contributed by atoms with E-state index in [1.807, 2.05) is 27.0 Å². The van der Waals surface area contributed by atoms with Gasteiger partial charge in [-0.05, 0) is 45.7 Å². The Labute approximate surface area is 104 Å². The second kappa shape index (κ2) is 4.75. The zero-order chi connectivity index (χ0) is 13.2. The fourth-order valence-corrected chi connectivity index (χ4v) is 1.72. The van der Waals surface area contributed by atoms with Gasteiger partial charge in [0.15, 0.2) is 0 Å². The summed E-state index contributed by atoms with van der Waals surface area (Å²) < 4.78 is 0. The molecule has 0 amide bonds. The first-order valence-electron chi connectivity index (χ1n) is 5.95. The quantitative estimate of drug-likeness (QED) is 0.802. The summed E-state index contributed by atoms with van der Waals surface area (Å²) in [6.07, 6.45) is 1.00. The van der Waals surface area contributed by atoms with Gasteiger partial charge in [0.1, 0.15) is 11.9 Å². The van der Waals surface area contributed by atoms with E-state index in [1.54, 1.807) is 0 Å². The molecule has 0 spiro atoms. The van der Waals surface area contributed by atoms with E-state index < -0.39 is 0 Å². The molecule has 0 saturated heterocycles. The van der Waals surface area contributed by atoms with Crippen LogP contribution in [0.5, 0.6) is 0 Å². The minimum atomic E-state index is -0.00116.